The van der Waals surface area contributed by atoms with Gasteiger partial charge in [-0.1, -0.05) is 74.0 Å². The molecule has 0 amide bonds. The second kappa shape index (κ2) is 10.2. The van der Waals surface area contributed by atoms with Gasteiger partial charge >= 0.3 is 0 Å². The van der Waals surface area contributed by atoms with Crippen LogP contribution in [0, 0.1) is 0 Å². The summed E-state index contributed by atoms with van der Waals surface area (Å²) in [5, 5.41) is 1.85. The number of rotatable bonds is 6. The zero-order valence-corrected chi connectivity index (χ0v) is 18.0. The Morgan fingerprint density at radius 1 is 0.885 bits per heavy atom. The Morgan fingerprint density at radius 3 is 1.50 bits per heavy atom. The van der Waals surface area contributed by atoms with Crippen LogP contribution < -0.4 is 10.6 Å². The van der Waals surface area contributed by atoms with E-state index < -0.39 is 23.0 Å². The Morgan fingerprint density at radius 2 is 1.23 bits per heavy atom. The highest BCUT2D eigenvalue weighted by molar-refractivity contribution is 7.97. The largest absolute Gasteiger partial charge is 0.747 e. The van der Waals surface area contributed by atoms with Gasteiger partial charge in [0, 0.05) is 0 Å². The first kappa shape index (κ1) is 22.8. The molecule has 1 atom stereocenters. The molecule has 144 valence electrons. The van der Waals surface area contributed by atoms with E-state index in [1.807, 2.05) is 67.6 Å². The lowest BCUT2D eigenvalue weighted by molar-refractivity contribution is -0.849. The second-order valence-corrected chi connectivity index (χ2v) is 11.8. The van der Waals surface area contributed by atoms with E-state index in [0.717, 1.165) is 15.1 Å². The van der Waals surface area contributed by atoms with E-state index in [9.17, 15) is 13.0 Å². The van der Waals surface area contributed by atoms with Gasteiger partial charge in [0.1, 0.15) is 10.1 Å². The Balaban J connectivity index is 0.000000597. The van der Waals surface area contributed by atoms with E-state index in [4.69, 9.17) is 0 Å². The molecule has 1 unspecified atom stereocenters. The van der Waals surface area contributed by atoms with Gasteiger partial charge in [-0.15, -0.1) is 0 Å². The van der Waals surface area contributed by atoms with Crippen LogP contribution in [-0.4, -0.2) is 50.6 Å². The lowest BCUT2D eigenvalue weighted by Crippen LogP contribution is -2.28. The van der Waals surface area contributed by atoms with Gasteiger partial charge in [0.15, 0.2) is 0 Å². The fourth-order valence-electron chi connectivity index (χ4n) is 2.31. The molecule has 0 N–H and O–H groups in total. The van der Waals surface area contributed by atoms with Crippen molar-refractivity contribution < 1.29 is 17.5 Å². The van der Waals surface area contributed by atoms with Gasteiger partial charge < -0.3 is 9.04 Å². The number of nitrogens with zero attached hydrogens (tertiary/aromatic N) is 1. The van der Waals surface area contributed by atoms with Gasteiger partial charge in [-0.3, -0.25) is 0 Å². The summed E-state index contributed by atoms with van der Waals surface area (Å²) in [4.78, 5) is -0.873. The second-order valence-electron chi connectivity index (χ2n) is 7.46. The van der Waals surface area contributed by atoms with Crippen LogP contribution in [0.4, 0.5) is 0 Å². The highest BCUT2D eigenvalue weighted by Crippen LogP contribution is 2.43. The molecule has 4 nitrogen and oxygen atoms in total. The molecule has 0 spiro atoms. The number of quaternary nitrogens is 1. The quantitative estimate of drug-likeness (QED) is 0.429. The SMILES string of the molecule is CCCC(P(c1ccccc1)c1ccccc1)S(=O)(=O)[O-].C[N+](C)(C)C. The van der Waals surface area contributed by atoms with E-state index in [2.05, 4.69) is 28.2 Å². The van der Waals surface area contributed by atoms with E-state index in [-0.39, 0.29) is 0 Å². The standard InChI is InChI=1S/C16H19O3PS.C4H12N/c1-2-9-16(21(17,18)19)20(14-10-5-3-6-11-14)15-12-7-4-8-13-15;1-5(2,3)4/h3-8,10-13,16H,2,9H2,1H3,(H,17,18,19);1-4H3/q;+1/p-1. The molecule has 0 saturated carbocycles. The van der Waals surface area contributed by atoms with Crippen LogP contribution in [0.2, 0.25) is 0 Å². The summed E-state index contributed by atoms with van der Waals surface area (Å²) in [5.74, 6) is 0. The van der Waals surface area contributed by atoms with Crippen molar-refractivity contribution in [2.45, 2.75) is 24.8 Å². The van der Waals surface area contributed by atoms with Gasteiger partial charge in [0.05, 0.1) is 33.2 Å². The molecule has 0 saturated heterocycles. The van der Waals surface area contributed by atoms with Crippen LogP contribution in [0.5, 0.6) is 0 Å². The smallest absolute Gasteiger partial charge is 0.102 e. The molecule has 2 aromatic carbocycles. The first-order valence-corrected chi connectivity index (χ1v) is 11.5. The molecule has 0 radical (unpaired) electrons. The van der Waals surface area contributed by atoms with Crippen molar-refractivity contribution in [3.8, 4) is 0 Å². The first-order chi connectivity index (χ1) is 12.0. The summed E-state index contributed by atoms with van der Waals surface area (Å²) in [7, 11) is 2.95. The maximum absolute atomic E-state index is 11.8. The third kappa shape index (κ3) is 8.41. The van der Waals surface area contributed by atoms with Gasteiger partial charge in [-0.25, -0.2) is 8.42 Å². The minimum atomic E-state index is -4.34. The molecule has 0 aromatic heterocycles. The number of benzene rings is 2. The van der Waals surface area contributed by atoms with Crippen molar-refractivity contribution in [2.75, 3.05) is 28.2 Å². The normalized spacial score (nSPS) is 13.0. The van der Waals surface area contributed by atoms with Crippen LogP contribution >= 0.6 is 7.92 Å². The van der Waals surface area contributed by atoms with Gasteiger partial charge in [0.2, 0.25) is 0 Å². The molecule has 0 aliphatic heterocycles. The molecule has 2 aromatic rings. The van der Waals surface area contributed by atoms with Gasteiger partial charge in [-0.05, 0) is 25.0 Å². The molecule has 2 rings (SSSR count). The van der Waals surface area contributed by atoms with Crippen molar-refractivity contribution in [1.82, 2.24) is 0 Å². The summed E-state index contributed by atoms with van der Waals surface area (Å²) < 4.78 is 36.3. The van der Waals surface area contributed by atoms with Crippen molar-refractivity contribution in [3.05, 3.63) is 60.7 Å². The van der Waals surface area contributed by atoms with Crippen LogP contribution in [0.15, 0.2) is 60.7 Å². The first-order valence-electron chi connectivity index (χ1n) is 8.67. The Kier molecular flexibility index (Phi) is 8.91. The third-order valence-corrected chi connectivity index (χ3v) is 8.08. The average molecular weight is 396 g/mol. The maximum Gasteiger partial charge on any atom is 0.102 e. The summed E-state index contributed by atoms with van der Waals surface area (Å²) in [6.45, 7) is 1.90. The molecule has 0 heterocycles. The molecule has 0 fully saturated rings. The molecule has 6 heteroatoms. The van der Waals surface area contributed by atoms with E-state index in [0.29, 0.717) is 12.8 Å². The van der Waals surface area contributed by atoms with E-state index in [1.54, 1.807) is 0 Å². The predicted octanol–water partition coefficient (Wildman–Crippen LogP) is 3.11. The Labute approximate surface area is 160 Å². The maximum atomic E-state index is 11.8. The zero-order chi connectivity index (χ0) is 19.8. The topological polar surface area (TPSA) is 57.2 Å². The average Bonchev–Trinajstić information content (AvgIpc) is 2.54. The minimum absolute atomic E-state index is 0.390. The van der Waals surface area contributed by atoms with Crippen LogP contribution in [0.3, 0.4) is 0 Å². The summed E-state index contributed by atoms with van der Waals surface area (Å²) >= 11 is 0. The van der Waals surface area contributed by atoms with Crippen LogP contribution in [0.1, 0.15) is 19.8 Å². The predicted molar refractivity (Wildman–Crippen MR) is 111 cm³/mol. The molecular formula is C20H30NO3PS. The van der Waals surface area contributed by atoms with Crippen molar-refractivity contribution in [1.29, 1.82) is 0 Å². The Hall–Kier alpha value is -1.26. The third-order valence-electron chi connectivity index (χ3n) is 3.23. The fraction of sp³-hybridized carbons (Fsp3) is 0.400. The fourth-order valence-corrected chi connectivity index (χ4v) is 7.06. The monoisotopic (exact) mass is 395 g/mol. The number of hydrogen-bond donors (Lipinski definition) is 0. The summed E-state index contributed by atoms with van der Waals surface area (Å²) in [6.07, 6.45) is 1.06. The van der Waals surface area contributed by atoms with Crippen molar-refractivity contribution in [2.24, 2.45) is 0 Å². The van der Waals surface area contributed by atoms with Crippen LogP contribution in [-0.2, 0) is 10.1 Å². The highest BCUT2D eigenvalue weighted by atomic mass is 32.2. The molecule has 0 bridgehead atoms. The van der Waals surface area contributed by atoms with Crippen molar-refractivity contribution in [3.63, 3.8) is 0 Å². The highest BCUT2D eigenvalue weighted by Gasteiger charge is 2.28. The number of hydrogen-bond acceptors (Lipinski definition) is 3. The Bertz CT molecular complexity index is 698. The lowest BCUT2D eigenvalue weighted by atomic mass is 10.4. The van der Waals surface area contributed by atoms with E-state index >= 15 is 0 Å². The van der Waals surface area contributed by atoms with Gasteiger partial charge in [0.25, 0.3) is 0 Å². The summed E-state index contributed by atoms with van der Waals surface area (Å²) in [5.41, 5.74) is 0. The van der Waals surface area contributed by atoms with Crippen molar-refractivity contribution >= 4 is 28.6 Å². The molecule has 26 heavy (non-hydrogen) atoms. The lowest BCUT2D eigenvalue weighted by Gasteiger charge is -2.30. The van der Waals surface area contributed by atoms with E-state index in [1.165, 1.54) is 0 Å². The zero-order valence-electron chi connectivity index (χ0n) is 16.3. The molecule has 0 aliphatic rings. The minimum Gasteiger partial charge on any atom is -0.747 e. The van der Waals surface area contributed by atoms with Gasteiger partial charge in [-0.2, -0.15) is 0 Å². The molecule has 0 aliphatic carbocycles. The molecular weight excluding hydrogens is 365 g/mol. The van der Waals surface area contributed by atoms with Crippen LogP contribution in [0.25, 0.3) is 0 Å². The summed E-state index contributed by atoms with van der Waals surface area (Å²) in [6, 6.07) is 19.0.